The Bertz CT molecular complexity index is 4300. The van der Waals surface area contributed by atoms with Crippen molar-refractivity contribution in [2.24, 2.45) is 17.4 Å². The molecular weight excluding hydrogens is 1270 g/mol. The second-order valence-electron chi connectivity index (χ2n) is 22.2. The molecule has 10 rings (SSSR count). The maximum absolute atomic E-state index is 14.8. The number of hydrogen-bond donors (Lipinski definition) is 26. The Labute approximate surface area is 520 Å². The molecule has 94 heavy (non-hydrogen) atoms. The minimum absolute atomic E-state index is 0.203. The molecule has 42 nitrogen and oxygen atoms in total. The third-order valence-corrected chi connectivity index (χ3v) is 16.4. The number of phenolic OH excluding ortho intramolecular Hbond substituents is 12. The maximum Gasteiger partial charge on any atom is 0.291 e. The first-order valence-electron chi connectivity index (χ1n) is 26.7. The Morgan fingerprint density at radius 1 is 0.511 bits per heavy atom. The summed E-state index contributed by atoms with van der Waals surface area (Å²) >= 11 is 0. The van der Waals surface area contributed by atoms with Crippen molar-refractivity contribution in [2.45, 2.75) is 81.6 Å². The van der Waals surface area contributed by atoms with Gasteiger partial charge >= 0.3 is 0 Å². The van der Waals surface area contributed by atoms with Crippen LogP contribution in [-0.2, 0) is 22.4 Å². The van der Waals surface area contributed by atoms with Crippen molar-refractivity contribution in [3.05, 3.63) is 39.5 Å². The van der Waals surface area contributed by atoms with E-state index >= 15 is 0 Å². The molecule has 502 valence electrons. The summed E-state index contributed by atoms with van der Waals surface area (Å²) < 4.78 is 11.2. The highest BCUT2D eigenvalue weighted by atomic mass is 16.6. The number of anilines is 7. The van der Waals surface area contributed by atoms with Crippen LogP contribution in [0.25, 0.3) is 11.4 Å². The summed E-state index contributed by atoms with van der Waals surface area (Å²) in [5.74, 6) is -44.8. The Kier molecular flexibility index (Phi) is 14.6. The predicted octanol–water partition coefficient (Wildman–Crippen LogP) is -5.55. The first-order valence-corrected chi connectivity index (χ1v) is 26.7. The molecular formula is C52H55N13O29. The van der Waals surface area contributed by atoms with Gasteiger partial charge < -0.3 is 145 Å². The van der Waals surface area contributed by atoms with Gasteiger partial charge in [-0.3, -0.25) is 33.7 Å². The van der Waals surface area contributed by atoms with Gasteiger partial charge in [-0.15, -0.1) is 0 Å². The summed E-state index contributed by atoms with van der Waals surface area (Å²) in [7, 11) is 0.897. The molecule has 2 fully saturated rings. The van der Waals surface area contributed by atoms with Gasteiger partial charge in [0.15, 0.2) is 74.6 Å². The summed E-state index contributed by atoms with van der Waals surface area (Å²) in [6.07, 6.45) is -5.84. The number of benzene rings is 4. The number of fused-ring (bicyclic) bond motifs is 2. The summed E-state index contributed by atoms with van der Waals surface area (Å²) in [6, 6.07) is 0. The van der Waals surface area contributed by atoms with Gasteiger partial charge in [0.25, 0.3) is 47.3 Å². The lowest BCUT2D eigenvalue weighted by atomic mass is 9.86. The fourth-order valence-electron chi connectivity index (χ4n) is 11.8. The molecule has 6 aromatic rings. The van der Waals surface area contributed by atoms with Gasteiger partial charge in [-0.1, -0.05) is 0 Å². The third kappa shape index (κ3) is 8.98. The highest BCUT2D eigenvalue weighted by Gasteiger charge is 2.58. The number of hydrogen-bond acceptors (Lipinski definition) is 34. The SMILES string of the molecule is COc1c(O)c(O)c(-n2nc(C(N)=O)c3c2C(=O)N(c2c(N)c(O)c(N4C(=O)CCC(COc5c(C)c(O)c(-n6nc(C(N)=O)c7c6C(=O)N(c6c(O)c(N)c(N8C(=O)C(O)(O)CCC8(O)O)c(O)c6O)C(O)(O)C7)c(N)c5O)C4(C)O)c(O)c2O)C(O)(O)C3)c(O)c1O. The minimum Gasteiger partial charge on any atom is -0.505 e. The van der Waals surface area contributed by atoms with E-state index in [9.17, 15) is 136 Å². The molecule has 2 atom stereocenters. The van der Waals surface area contributed by atoms with Gasteiger partial charge in [0.1, 0.15) is 68.4 Å². The normalized spacial score (nSPS) is 19.7. The molecule has 0 bridgehead atoms. The number of nitrogen functional groups attached to an aromatic ring is 3. The lowest BCUT2D eigenvalue weighted by Crippen LogP contribution is -2.64. The molecule has 4 aliphatic rings. The zero-order valence-electron chi connectivity index (χ0n) is 48.1. The highest BCUT2D eigenvalue weighted by Crippen LogP contribution is 2.61. The van der Waals surface area contributed by atoms with Crippen LogP contribution in [0.1, 0.15) is 91.3 Å². The van der Waals surface area contributed by atoms with Crippen LogP contribution in [0.2, 0.25) is 0 Å². The molecule has 4 aromatic carbocycles. The van der Waals surface area contributed by atoms with Gasteiger partial charge in [-0.05, 0) is 20.3 Å². The van der Waals surface area contributed by atoms with Crippen molar-refractivity contribution >= 4 is 75.3 Å². The largest absolute Gasteiger partial charge is 0.505 e. The van der Waals surface area contributed by atoms with Crippen LogP contribution < -0.4 is 57.7 Å². The number of phenols is 12. The number of carbonyl (C=O) groups excluding carboxylic acids is 6. The van der Waals surface area contributed by atoms with Crippen LogP contribution in [0, 0.1) is 12.8 Å². The first kappa shape index (κ1) is 65.3. The monoisotopic (exact) mass is 1330 g/mol. The number of carbonyl (C=O) groups is 6. The van der Waals surface area contributed by atoms with Gasteiger partial charge in [-0.2, -0.15) is 10.2 Å². The summed E-state index contributed by atoms with van der Waals surface area (Å²) in [6.45, 7) is 1.06. The Hall–Kier alpha value is -11.6. The van der Waals surface area contributed by atoms with E-state index < -0.39 is 280 Å². The van der Waals surface area contributed by atoms with E-state index in [1.807, 2.05) is 0 Å². The number of aromatic hydroxyl groups is 12. The summed E-state index contributed by atoms with van der Waals surface area (Å²) in [4.78, 5) is 81.4. The molecule has 0 saturated carbocycles. The van der Waals surface area contributed by atoms with Crippen molar-refractivity contribution in [3.63, 3.8) is 0 Å². The van der Waals surface area contributed by atoms with E-state index in [0.717, 1.165) is 21.0 Å². The molecule has 2 aromatic heterocycles. The van der Waals surface area contributed by atoms with Crippen molar-refractivity contribution in [1.29, 1.82) is 0 Å². The van der Waals surface area contributed by atoms with Crippen LogP contribution in [-0.4, -0.2) is 205 Å². The average Bonchev–Trinajstić information content (AvgIpc) is 1.31. The van der Waals surface area contributed by atoms with Crippen LogP contribution in [0.15, 0.2) is 0 Å². The molecule has 6 amide bonds. The number of amides is 6. The van der Waals surface area contributed by atoms with Crippen LogP contribution in [0.4, 0.5) is 39.8 Å². The smallest absolute Gasteiger partial charge is 0.291 e. The third-order valence-electron chi connectivity index (χ3n) is 16.4. The van der Waals surface area contributed by atoms with E-state index in [2.05, 4.69) is 10.2 Å². The second-order valence-corrected chi connectivity index (χ2v) is 22.2. The first-order chi connectivity index (χ1) is 43.4. The summed E-state index contributed by atoms with van der Waals surface area (Å²) in [5.41, 5.74) is 9.47. The molecule has 4 aliphatic heterocycles. The fourth-order valence-corrected chi connectivity index (χ4v) is 11.8. The number of rotatable bonds is 12. The molecule has 42 heteroatoms. The Morgan fingerprint density at radius 2 is 0.915 bits per heavy atom. The van der Waals surface area contributed by atoms with Crippen LogP contribution >= 0.6 is 0 Å². The average molecular weight is 1330 g/mol. The number of nitrogens with zero attached hydrogens (tertiary/aromatic N) is 8. The van der Waals surface area contributed by atoms with E-state index in [1.165, 1.54) is 0 Å². The van der Waals surface area contributed by atoms with Crippen molar-refractivity contribution < 1.29 is 145 Å². The molecule has 6 heterocycles. The molecule has 0 spiro atoms. The van der Waals surface area contributed by atoms with E-state index in [4.69, 9.17) is 38.1 Å². The topological polar surface area (TPSA) is 724 Å². The van der Waals surface area contributed by atoms with Crippen molar-refractivity contribution in [1.82, 2.24) is 19.6 Å². The van der Waals surface area contributed by atoms with E-state index in [1.54, 1.807) is 0 Å². The van der Waals surface area contributed by atoms with E-state index in [0.29, 0.717) is 4.68 Å². The number of aromatic nitrogens is 4. The molecule has 0 radical (unpaired) electrons. The molecule has 2 saturated heterocycles. The van der Waals surface area contributed by atoms with Gasteiger partial charge in [0.05, 0.1) is 26.6 Å². The van der Waals surface area contributed by atoms with Crippen molar-refractivity contribution in [3.8, 4) is 91.9 Å². The number of aliphatic hydroxyl groups is 9. The maximum atomic E-state index is 14.8. The lowest BCUT2D eigenvalue weighted by Gasteiger charge is -2.46. The predicted molar refractivity (Wildman–Crippen MR) is 304 cm³/mol. The Balaban J connectivity index is 0.993. The zero-order chi connectivity index (χ0) is 70.1. The Morgan fingerprint density at radius 3 is 1.37 bits per heavy atom. The van der Waals surface area contributed by atoms with Gasteiger partial charge in [0, 0.05) is 41.9 Å². The zero-order valence-corrected chi connectivity index (χ0v) is 48.1. The lowest BCUT2D eigenvalue weighted by molar-refractivity contribution is -0.237. The summed E-state index contributed by atoms with van der Waals surface area (Å²) in [5, 5.41) is 244. The molecule has 0 aliphatic carbocycles. The fraction of sp³-hybridized carbons (Fsp3) is 0.308. The number of ether oxygens (including phenoxy) is 2. The second kappa shape index (κ2) is 21.0. The standard InChI is InChI=1S/C52H55N13O29/c1-11-29(67)25(64-21-13(19(58-64)43(56)79)9-52(91,92)62(46(21)82)27-31(69)17(54)24(34(72)36(27)74)63-47(83)49(85,86)6-7-50(63,87)88)18(55)32(70)41(11)94-10-12-4-5-15(66)60(48(12,2)84)26-30(68)16(53)23(33(71)35(26)73)61-45(81)22-14(8-51(61,89)90)20(44(57)80)59-65(22)28-37(75)39(77)42(93-3)40(78)38(28)76/h12,67-78,84-92H,4-10,53-55H2,1-3H3,(H2,56,79)(H2,57,80). The number of methoxy groups -OCH3 is 1. The number of piperidine rings is 2. The quantitative estimate of drug-likeness (QED) is 0.0235. The highest BCUT2D eigenvalue weighted by molar-refractivity contribution is 6.16. The van der Waals surface area contributed by atoms with Crippen molar-refractivity contribution in [2.75, 3.05) is 50.5 Å². The van der Waals surface area contributed by atoms with Gasteiger partial charge in [0.2, 0.25) is 28.9 Å². The number of primary amides is 2. The van der Waals surface area contributed by atoms with E-state index in [-0.39, 0.29) is 30.7 Å². The molecule has 2 unspecified atom stereocenters. The van der Waals surface area contributed by atoms with Crippen LogP contribution in [0.5, 0.6) is 80.5 Å². The van der Waals surface area contributed by atoms with Crippen LogP contribution in [0.3, 0.4) is 0 Å². The number of nitrogens with two attached hydrogens (primary N) is 5. The van der Waals surface area contributed by atoms with Gasteiger partial charge in [-0.25, -0.2) is 24.1 Å². The molecule has 31 N–H and O–H groups in total. The minimum atomic E-state index is -3.75.